The number of amides is 2. The molecule has 8 rings (SSSR count). The molecule has 0 radical (unpaired) electrons. The summed E-state index contributed by atoms with van der Waals surface area (Å²) in [5.74, 6) is -0.779. The van der Waals surface area contributed by atoms with Crippen LogP contribution < -0.4 is 10.6 Å². The van der Waals surface area contributed by atoms with Crippen LogP contribution in [0.15, 0.2) is 29.8 Å². The molecule has 4 heterocycles. The van der Waals surface area contributed by atoms with Crippen molar-refractivity contribution >= 4 is 23.9 Å². The Balaban J connectivity index is 1.07. The predicted octanol–water partition coefficient (Wildman–Crippen LogP) is 6.52. The average molecular weight is 820 g/mol. The lowest BCUT2D eigenvalue weighted by Gasteiger charge is -2.53. The first kappa shape index (κ1) is 42.8. The number of benzene rings is 1. The number of carbonyl (C=O) groups excluding carboxylic acids is 3. The van der Waals surface area contributed by atoms with Crippen LogP contribution in [0.2, 0.25) is 0 Å². The van der Waals surface area contributed by atoms with Crippen molar-refractivity contribution in [3.63, 3.8) is 0 Å². The lowest BCUT2D eigenvalue weighted by molar-refractivity contribution is -0.224. The number of fused-ring (bicyclic) bond motifs is 6. The van der Waals surface area contributed by atoms with E-state index in [0.717, 1.165) is 68.9 Å². The van der Waals surface area contributed by atoms with Crippen molar-refractivity contribution in [1.82, 2.24) is 15.7 Å². The summed E-state index contributed by atoms with van der Waals surface area (Å²) in [4.78, 5) is 48.3. The number of esters is 1. The van der Waals surface area contributed by atoms with E-state index in [4.69, 9.17) is 28.9 Å². The SMILES string of the molecule is CCCCCC1(CCCCC)O[C@@H]2[C@H]3ON(Cc4cccc(C=C5CCC6O[C@]6(C)CC[C@@H]6[C@@H]5CC6(C)C)c4)[C@H]4C(=O)OC(CC34C(=O)NCCC(=O)NCCO)[C@@H]2O1. The minimum Gasteiger partial charge on any atom is -0.458 e. The normalized spacial score (nSPS) is 36.8. The van der Waals surface area contributed by atoms with Crippen molar-refractivity contribution < 1.29 is 43.3 Å². The van der Waals surface area contributed by atoms with Crippen molar-refractivity contribution in [2.45, 2.75) is 185 Å². The molecular formula is C47H69N3O9. The maximum atomic E-state index is 14.7. The fraction of sp³-hybridized carbons (Fsp3) is 0.766. The molecule has 7 fully saturated rings. The highest BCUT2D eigenvalue weighted by atomic mass is 16.8. The molecule has 3 N–H and O–H groups in total. The summed E-state index contributed by atoms with van der Waals surface area (Å²) < 4.78 is 26.4. The number of epoxide rings is 1. The van der Waals surface area contributed by atoms with Crippen LogP contribution in [0.1, 0.15) is 142 Å². The van der Waals surface area contributed by atoms with Gasteiger partial charge in [0.25, 0.3) is 0 Å². The number of rotatable bonds is 17. The molecule has 3 aliphatic carbocycles. The number of ether oxygens (including phenoxy) is 4. The van der Waals surface area contributed by atoms with Crippen LogP contribution in [0.5, 0.6) is 0 Å². The van der Waals surface area contributed by atoms with Gasteiger partial charge in [0.2, 0.25) is 11.8 Å². The summed E-state index contributed by atoms with van der Waals surface area (Å²) >= 11 is 0. The van der Waals surface area contributed by atoms with Gasteiger partial charge in [-0.2, -0.15) is 5.06 Å². The third kappa shape index (κ3) is 8.28. The van der Waals surface area contributed by atoms with Gasteiger partial charge >= 0.3 is 5.97 Å². The van der Waals surface area contributed by atoms with Crippen LogP contribution in [-0.2, 0) is 44.7 Å². The smallest absolute Gasteiger partial charge is 0.327 e. The second-order valence-corrected chi connectivity index (χ2v) is 19.7. The number of nitrogens with zero attached hydrogens (tertiary/aromatic N) is 1. The van der Waals surface area contributed by atoms with Gasteiger partial charge in [-0.15, -0.1) is 0 Å². The Bertz CT molecular complexity index is 1740. The molecular weight excluding hydrogens is 751 g/mol. The summed E-state index contributed by atoms with van der Waals surface area (Å²) in [7, 11) is 0. The van der Waals surface area contributed by atoms with E-state index in [9.17, 15) is 14.4 Å². The van der Waals surface area contributed by atoms with Gasteiger partial charge in [0.15, 0.2) is 11.8 Å². The monoisotopic (exact) mass is 820 g/mol. The zero-order chi connectivity index (χ0) is 41.6. The van der Waals surface area contributed by atoms with Gasteiger partial charge in [0.05, 0.1) is 24.9 Å². The zero-order valence-electron chi connectivity index (χ0n) is 36.1. The first-order valence-corrected chi connectivity index (χ1v) is 23.0. The molecule has 4 aliphatic heterocycles. The van der Waals surface area contributed by atoms with E-state index < -0.39 is 47.6 Å². The van der Waals surface area contributed by atoms with Gasteiger partial charge in [0, 0.05) is 38.8 Å². The van der Waals surface area contributed by atoms with Crippen molar-refractivity contribution in [3.8, 4) is 0 Å². The summed E-state index contributed by atoms with van der Waals surface area (Å²) in [6.45, 7) is 11.8. The van der Waals surface area contributed by atoms with Crippen molar-refractivity contribution in [3.05, 3.63) is 41.0 Å². The molecule has 3 saturated carbocycles. The van der Waals surface area contributed by atoms with E-state index in [-0.39, 0.29) is 56.5 Å². The summed E-state index contributed by atoms with van der Waals surface area (Å²) in [5.41, 5.74) is 2.61. The molecule has 1 aromatic carbocycles. The van der Waals surface area contributed by atoms with E-state index in [0.29, 0.717) is 36.2 Å². The largest absolute Gasteiger partial charge is 0.458 e. The minimum atomic E-state index is -1.32. The Labute approximate surface area is 350 Å². The topological polar surface area (TPSA) is 148 Å². The summed E-state index contributed by atoms with van der Waals surface area (Å²) in [5, 5.41) is 16.5. The van der Waals surface area contributed by atoms with E-state index in [1.807, 2.05) is 0 Å². The van der Waals surface area contributed by atoms with Gasteiger partial charge in [-0.05, 0) is 80.2 Å². The molecule has 326 valence electrons. The third-order valence-electron chi connectivity index (χ3n) is 15.1. The van der Waals surface area contributed by atoms with E-state index in [1.165, 1.54) is 18.4 Å². The van der Waals surface area contributed by atoms with Gasteiger partial charge in [-0.1, -0.05) is 89.3 Å². The van der Waals surface area contributed by atoms with Crippen LogP contribution in [0.3, 0.4) is 0 Å². The van der Waals surface area contributed by atoms with Gasteiger partial charge in [0.1, 0.15) is 29.8 Å². The number of aliphatic hydroxyl groups excluding tert-OH is 1. The fourth-order valence-corrected chi connectivity index (χ4v) is 11.8. The van der Waals surface area contributed by atoms with Gasteiger partial charge < -0.3 is 34.7 Å². The molecule has 0 spiro atoms. The molecule has 12 heteroatoms. The zero-order valence-corrected chi connectivity index (χ0v) is 36.1. The molecule has 2 bridgehead atoms. The number of hydrogen-bond acceptors (Lipinski definition) is 10. The molecule has 7 aliphatic rings. The molecule has 0 aromatic heterocycles. The number of nitrogens with one attached hydrogen (secondary N) is 2. The average Bonchev–Trinajstić information content (AvgIpc) is 3.48. The first-order valence-electron chi connectivity index (χ1n) is 23.0. The van der Waals surface area contributed by atoms with Crippen LogP contribution in [0.25, 0.3) is 6.08 Å². The Morgan fingerprint density at radius 2 is 1.71 bits per heavy atom. The Morgan fingerprint density at radius 3 is 2.44 bits per heavy atom. The number of aliphatic hydroxyl groups is 1. The van der Waals surface area contributed by atoms with Crippen molar-refractivity contribution in [2.75, 3.05) is 19.7 Å². The standard InChI is InChI=1S/C47H69N3O9/c1-6-8-10-19-46(20-11-9-7-2)57-38-35-28-47(43(54)49-22-18-37(52)48-23-24-51)40(42(53)55-35)50(59-41(47)39(38)58-46)29-31-14-12-13-30(25-31)26-32-15-16-36-45(5,56-36)21-17-34-33(32)27-44(34,3)4/h12-14,25-26,33-36,38-41,51H,6-11,15-24,27-29H2,1-5H3,(H,48,52)(H,49,54)/t33-,34-,35?,36?,38+,39+,40+,41-,45-,47?/m1/s1. The highest BCUT2D eigenvalue weighted by Crippen LogP contribution is 2.61. The number of unbranched alkanes of at least 4 members (excludes halogenated alkanes) is 4. The summed E-state index contributed by atoms with van der Waals surface area (Å²) in [6.07, 6.45) is 13.4. The lowest BCUT2D eigenvalue weighted by Crippen LogP contribution is -2.69. The van der Waals surface area contributed by atoms with Crippen LogP contribution >= 0.6 is 0 Å². The molecule has 4 saturated heterocycles. The van der Waals surface area contributed by atoms with E-state index >= 15 is 0 Å². The molecule has 59 heavy (non-hydrogen) atoms. The van der Waals surface area contributed by atoms with E-state index in [1.54, 1.807) is 5.06 Å². The molecule has 3 unspecified atom stereocenters. The van der Waals surface area contributed by atoms with Crippen LogP contribution in [-0.4, -0.2) is 95.6 Å². The lowest BCUT2D eigenvalue weighted by atomic mass is 9.52. The Hall–Kier alpha value is -2.87. The second kappa shape index (κ2) is 17.1. The van der Waals surface area contributed by atoms with Crippen molar-refractivity contribution in [2.24, 2.45) is 22.7 Å². The maximum absolute atomic E-state index is 14.7. The number of hydrogen-bond donors (Lipinski definition) is 3. The highest BCUT2D eigenvalue weighted by Gasteiger charge is 2.76. The Kier molecular flexibility index (Phi) is 12.4. The van der Waals surface area contributed by atoms with Gasteiger partial charge in [-0.25, -0.2) is 0 Å². The second-order valence-electron chi connectivity index (χ2n) is 19.7. The van der Waals surface area contributed by atoms with Crippen molar-refractivity contribution in [1.29, 1.82) is 0 Å². The quantitative estimate of drug-likeness (QED) is 0.0902. The van der Waals surface area contributed by atoms with Crippen LogP contribution in [0, 0.1) is 22.7 Å². The fourth-order valence-electron chi connectivity index (χ4n) is 11.8. The summed E-state index contributed by atoms with van der Waals surface area (Å²) in [6, 6.07) is 7.43. The number of allylic oxidation sites excluding steroid dienone is 1. The molecule has 2 amide bonds. The molecule has 1 aromatic rings. The van der Waals surface area contributed by atoms with Crippen LogP contribution in [0.4, 0.5) is 0 Å². The number of carbonyl (C=O) groups is 3. The van der Waals surface area contributed by atoms with Gasteiger partial charge in [-0.3, -0.25) is 19.2 Å². The minimum absolute atomic E-state index is 0.0310. The highest BCUT2D eigenvalue weighted by molar-refractivity contribution is 5.94. The number of hydroxylamine groups is 2. The predicted molar refractivity (Wildman–Crippen MR) is 221 cm³/mol. The molecule has 10 atom stereocenters. The third-order valence-corrected chi connectivity index (χ3v) is 15.1. The maximum Gasteiger partial charge on any atom is 0.327 e. The first-order chi connectivity index (χ1) is 28.3. The Morgan fingerprint density at radius 1 is 0.949 bits per heavy atom. The van der Waals surface area contributed by atoms with E-state index in [2.05, 4.69) is 75.6 Å². The molecule has 12 nitrogen and oxygen atoms in total.